The second-order valence-electron chi connectivity index (χ2n) is 9.08. The highest BCUT2D eigenvalue weighted by Gasteiger charge is 2.24. The highest BCUT2D eigenvalue weighted by molar-refractivity contribution is 7.96. The van der Waals surface area contributed by atoms with Gasteiger partial charge in [0.1, 0.15) is 12.4 Å². The molecule has 3 aromatic rings. The van der Waals surface area contributed by atoms with Crippen molar-refractivity contribution in [2.45, 2.75) is 58.5 Å². The topological polar surface area (TPSA) is 71.3 Å². The van der Waals surface area contributed by atoms with Gasteiger partial charge in [0.05, 0.1) is 11.1 Å². The Hall–Kier alpha value is -2.15. The standard InChI is InChI=1S/C27H34ClN3O2S/c1-4-17(3)21-12-18(6-7-25(21)28)16-33-20-13-22-24(15-30-26(22)23(14-20)27(29)32)19-8-10-31(11-9-19)34-5-2/h6-7,12-15,17,19,30H,4-5,8-11,16H2,1-3H3,(H2,29,32). The maximum absolute atomic E-state index is 12.3. The lowest BCUT2D eigenvalue weighted by molar-refractivity contribution is 0.100. The fourth-order valence-corrected chi connectivity index (χ4v) is 5.91. The average Bonchev–Trinajstić information content (AvgIpc) is 3.27. The number of piperidine rings is 1. The number of nitrogens with zero attached hydrogens (tertiary/aromatic N) is 1. The summed E-state index contributed by atoms with van der Waals surface area (Å²) in [5.41, 5.74) is 10.4. The summed E-state index contributed by atoms with van der Waals surface area (Å²) >= 11 is 8.32. The van der Waals surface area contributed by atoms with Crippen LogP contribution in [-0.4, -0.2) is 34.0 Å². The van der Waals surface area contributed by atoms with Gasteiger partial charge in [-0.25, -0.2) is 0 Å². The van der Waals surface area contributed by atoms with Gasteiger partial charge in [-0.2, -0.15) is 0 Å². The van der Waals surface area contributed by atoms with E-state index in [4.69, 9.17) is 22.1 Å². The van der Waals surface area contributed by atoms with Gasteiger partial charge in [-0.15, -0.1) is 0 Å². The van der Waals surface area contributed by atoms with Crippen molar-refractivity contribution in [1.29, 1.82) is 0 Å². The van der Waals surface area contributed by atoms with E-state index in [9.17, 15) is 4.79 Å². The van der Waals surface area contributed by atoms with E-state index in [0.29, 0.717) is 29.8 Å². The molecule has 2 heterocycles. The number of primary amides is 1. The summed E-state index contributed by atoms with van der Waals surface area (Å²) in [6.45, 7) is 9.08. The summed E-state index contributed by atoms with van der Waals surface area (Å²) in [6, 6.07) is 9.84. The third-order valence-electron chi connectivity index (χ3n) is 6.87. The monoisotopic (exact) mass is 499 g/mol. The fourth-order valence-electron chi connectivity index (χ4n) is 4.77. The molecule has 182 valence electrons. The van der Waals surface area contributed by atoms with Crippen molar-refractivity contribution in [1.82, 2.24) is 9.29 Å². The van der Waals surface area contributed by atoms with Crippen LogP contribution in [0.2, 0.25) is 5.02 Å². The van der Waals surface area contributed by atoms with E-state index in [1.165, 1.54) is 5.56 Å². The molecule has 1 unspecified atom stereocenters. The zero-order chi connectivity index (χ0) is 24.2. The van der Waals surface area contributed by atoms with Crippen LogP contribution in [0.5, 0.6) is 5.75 Å². The van der Waals surface area contributed by atoms with Gasteiger partial charge in [-0.1, -0.05) is 56.5 Å². The molecule has 0 aliphatic carbocycles. The second-order valence-corrected chi connectivity index (χ2v) is 10.8. The minimum atomic E-state index is -0.455. The molecule has 0 spiro atoms. The molecule has 1 saturated heterocycles. The lowest BCUT2D eigenvalue weighted by Crippen LogP contribution is -2.27. The Morgan fingerprint density at radius 2 is 2.03 bits per heavy atom. The molecule has 1 aromatic heterocycles. The number of aromatic amines is 1. The fraction of sp³-hybridized carbons (Fsp3) is 0.444. The number of amides is 1. The molecule has 1 amide bonds. The van der Waals surface area contributed by atoms with Gasteiger partial charge in [0, 0.05) is 35.4 Å². The molecule has 5 nitrogen and oxygen atoms in total. The average molecular weight is 500 g/mol. The highest BCUT2D eigenvalue weighted by atomic mass is 35.5. The number of ether oxygens (including phenoxy) is 1. The molecule has 4 rings (SSSR count). The van der Waals surface area contributed by atoms with E-state index < -0.39 is 5.91 Å². The van der Waals surface area contributed by atoms with Crippen molar-refractivity contribution in [3.63, 3.8) is 0 Å². The predicted molar refractivity (Wildman–Crippen MR) is 143 cm³/mol. The van der Waals surface area contributed by atoms with Crippen LogP contribution in [0.4, 0.5) is 0 Å². The Labute approximate surface area is 211 Å². The number of fused-ring (bicyclic) bond motifs is 1. The van der Waals surface area contributed by atoms with Gasteiger partial charge in [0.2, 0.25) is 0 Å². The minimum absolute atomic E-state index is 0.384. The Morgan fingerprint density at radius 3 is 2.71 bits per heavy atom. The quantitative estimate of drug-likeness (QED) is 0.315. The molecular weight excluding hydrogens is 466 g/mol. The summed E-state index contributed by atoms with van der Waals surface area (Å²) in [5, 5.41) is 1.82. The zero-order valence-electron chi connectivity index (χ0n) is 20.2. The molecule has 1 atom stereocenters. The Bertz CT molecular complexity index is 1150. The maximum atomic E-state index is 12.3. The van der Waals surface area contributed by atoms with Gasteiger partial charge < -0.3 is 15.5 Å². The van der Waals surface area contributed by atoms with Crippen molar-refractivity contribution in [3.8, 4) is 5.75 Å². The van der Waals surface area contributed by atoms with Crippen LogP contribution in [-0.2, 0) is 6.61 Å². The first-order valence-electron chi connectivity index (χ1n) is 12.1. The summed E-state index contributed by atoms with van der Waals surface area (Å²) in [4.78, 5) is 15.6. The zero-order valence-corrected chi connectivity index (χ0v) is 21.8. The molecule has 7 heteroatoms. The van der Waals surface area contributed by atoms with Crippen LogP contribution in [0.15, 0.2) is 36.5 Å². The SMILES string of the molecule is CCSN1CCC(c2c[nH]c3c(C(N)=O)cc(OCc4ccc(Cl)c(C(C)CC)c4)cc23)CC1. The minimum Gasteiger partial charge on any atom is -0.489 e. The number of rotatable bonds is 9. The number of hydrogen-bond acceptors (Lipinski definition) is 4. The molecule has 0 bridgehead atoms. The summed E-state index contributed by atoms with van der Waals surface area (Å²) < 4.78 is 8.64. The first-order valence-corrected chi connectivity index (χ1v) is 13.5. The van der Waals surface area contributed by atoms with Crippen LogP contribution in [0, 0.1) is 0 Å². The molecule has 1 aliphatic heterocycles. The van der Waals surface area contributed by atoms with E-state index in [2.05, 4.69) is 36.1 Å². The van der Waals surface area contributed by atoms with Crippen molar-refractivity contribution in [2.75, 3.05) is 18.8 Å². The lowest BCUT2D eigenvalue weighted by atomic mass is 9.89. The maximum Gasteiger partial charge on any atom is 0.250 e. The number of benzene rings is 2. The predicted octanol–water partition coefficient (Wildman–Crippen LogP) is 6.86. The van der Waals surface area contributed by atoms with Gasteiger partial charge in [0.25, 0.3) is 5.91 Å². The number of carbonyl (C=O) groups is 1. The van der Waals surface area contributed by atoms with Crippen LogP contribution in [0.25, 0.3) is 10.9 Å². The van der Waals surface area contributed by atoms with E-state index in [1.54, 1.807) is 6.07 Å². The first-order chi connectivity index (χ1) is 16.4. The third kappa shape index (κ3) is 5.40. The number of hydrogen-bond donors (Lipinski definition) is 2. The third-order valence-corrected chi connectivity index (χ3v) is 8.21. The molecule has 34 heavy (non-hydrogen) atoms. The highest BCUT2D eigenvalue weighted by Crippen LogP contribution is 2.37. The summed E-state index contributed by atoms with van der Waals surface area (Å²) in [5.74, 6) is 2.14. The number of H-pyrrole nitrogens is 1. The van der Waals surface area contributed by atoms with E-state index >= 15 is 0 Å². The number of nitrogens with one attached hydrogen (secondary N) is 1. The molecule has 0 saturated carbocycles. The molecular formula is C27H34ClN3O2S. The van der Waals surface area contributed by atoms with Gasteiger partial charge >= 0.3 is 0 Å². The van der Waals surface area contributed by atoms with E-state index in [1.807, 2.05) is 36.3 Å². The summed E-state index contributed by atoms with van der Waals surface area (Å²) in [7, 11) is 0. The molecule has 3 N–H and O–H groups in total. The van der Waals surface area contributed by atoms with Crippen LogP contribution >= 0.6 is 23.5 Å². The van der Waals surface area contributed by atoms with Crippen molar-refractivity contribution >= 4 is 40.4 Å². The Balaban J connectivity index is 1.59. The largest absolute Gasteiger partial charge is 0.489 e. The van der Waals surface area contributed by atoms with Crippen LogP contribution in [0.1, 0.15) is 78.9 Å². The molecule has 1 aliphatic rings. The molecule has 1 fully saturated rings. The smallest absolute Gasteiger partial charge is 0.250 e. The Morgan fingerprint density at radius 1 is 1.26 bits per heavy atom. The molecule has 0 radical (unpaired) electrons. The van der Waals surface area contributed by atoms with Gasteiger partial charge in [-0.3, -0.25) is 9.10 Å². The number of carbonyl (C=O) groups excluding carboxylic acids is 1. The molecule has 2 aromatic carbocycles. The number of nitrogens with two attached hydrogens (primary N) is 1. The second kappa shape index (κ2) is 11.1. The van der Waals surface area contributed by atoms with Gasteiger partial charge in [-0.05, 0) is 66.0 Å². The Kier molecular flexibility index (Phi) is 8.12. The number of aromatic nitrogens is 1. The van der Waals surface area contributed by atoms with Crippen molar-refractivity contribution < 1.29 is 9.53 Å². The van der Waals surface area contributed by atoms with Gasteiger partial charge in [0.15, 0.2) is 0 Å². The number of halogens is 1. The van der Waals surface area contributed by atoms with Crippen molar-refractivity contribution in [2.24, 2.45) is 5.73 Å². The van der Waals surface area contributed by atoms with E-state index in [0.717, 1.165) is 65.2 Å². The van der Waals surface area contributed by atoms with E-state index in [-0.39, 0.29) is 0 Å². The summed E-state index contributed by atoms with van der Waals surface area (Å²) in [6.07, 6.45) is 5.26. The van der Waals surface area contributed by atoms with Crippen LogP contribution < -0.4 is 10.5 Å². The lowest BCUT2D eigenvalue weighted by Gasteiger charge is -2.30. The first kappa shape index (κ1) is 25.0. The van der Waals surface area contributed by atoms with Crippen LogP contribution in [0.3, 0.4) is 0 Å². The van der Waals surface area contributed by atoms with Crippen molar-refractivity contribution in [3.05, 3.63) is 63.8 Å². The normalized spacial score (nSPS) is 16.1.